The van der Waals surface area contributed by atoms with Crippen molar-refractivity contribution in [2.24, 2.45) is 0 Å². The number of nitrogens with zero attached hydrogens (tertiary/aromatic N) is 4. The molecule has 1 atom stereocenters. The van der Waals surface area contributed by atoms with Crippen molar-refractivity contribution in [1.29, 1.82) is 0 Å². The van der Waals surface area contributed by atoms with Gasteiger partial charge in [0.1, 0.15) is 23.0 Å². The average molecular weight is 493 g/mol. The summed E-state index contributed by atoms with van der Waals surface area (Å²) in [6.07, 6.45) is 4.57. The number of unbranched alkanes of at least 4 members (excludes halogenated alkanes) is 1. The number of aromatic nitrogens is 3. The fourth-order valence-electron chi connectivity index (χ4n) is 4.59. The molecule has 0 radical (unpaired) electrons. The van der Waals surface area contributed by atoms with E-state index in [1.54, 1.807) is 23.1 Å². The number of hydrogen-bond acceptors (Lipinski definition) is 7. The molecule has 3 heterocycles. The van der Waals surface area contributed by atoms with E-state index >= 15 is 0 Å². The summed E-state index contributed by atoms with van der Waals surface area (Å²) in [5.41, 5.74) is 1.31. The van der Waals surface area contributed by atoms with Crippen molar-refractivity contribution < 1.29 is 19.4 Å². The largest absolute Gasteiger partial charge is 0.494 e. The number of pyridine rings is 1. The van der Waals surface area contributed by atoms with E-state index in [9.17, 15) is 14.7 Å². The van der Waals surface area contributed by atoms with E-state index < -0.39 is 17.3 Å². The number of amides is 1. The van der Waals surface area contributed by atoms with Crippen LogP contribution in [0.25, 0.3) is 5.69 Å². The number of carbonyl (C=O) groups excluding carboxylic acids is 1. The number of ether oxygens (including phenoxy) is 2. The SMILES string of the molecule is CCCCc1nc(O)c(C(=O)N2CCC(c3ccc(C)cn3)C2)c(=O)n1-c1c(OC)cccc1OC. The third-order valence-corrected chi connectivity index (χ3v) is 6.55. The first kappa shape index (κ1) is 25.2. The normalized spacial score (nSPS) is 15.2. The second-order valence-corrected chi connectivity index (χ2v) is 8.98. The van der Waals surface area contributed by atoms with Gasteiger partial charge in [-0.15, -0.1) is 0 Å². The molecule has 36 heavy (non-hydrogen) atoms. The fourth-order valence-corrected chi connectivity index (χ4v) is 4.59. The van der Waals surface area contributed by atoms with Crippen LogP contribution in [0.5, 0.6) is 17.4 Å². The number of likely N-dealkylation sites (tertiary alicyclic amines) is 1. The summed E-state index contributed by atoms with van der Waals surface area (Å²) in [5, 5.41) is 10.8. The van der Waals surface area contributed by atoms with Crippen LogP contribution in [0.15, 0.2) is 41.3 Å². The number of hydrogen-bond donors (Lipinski definition) is 1. The summed E-state index contributed by atoms with van der Waals surface area (Å²) in [6, 6.07) is 9.14. The Morgan fingerprint density at radius 2 is 1.89 bits per heavy atom. The van der Waals surface area contributed by atoms with Crippen molar-refractivity contribution in [2.75, 3.05) is 27.3 Å². The van der Waals surface area contributed by atoms with Crippen LogP contribution >= 0.6 is 0 Å². The first-order valence-electron chi connectivity index (χ1n) is 12.2. The van der Waals surface area contributed by atoms with E-state index in [1.807, 2.05) is 32.2 Å². The van der Waals surface area contributed by atoms with Crippen LogP contribution in [0.4, 0.5) is 0 Å². The Morgan fingerprint density at radius 3 is 2.50 bits per heavy atom. The Kier molecular flexibility index (Phi) is 7.57. The highest BCUT2D eigenvalue weighted by Gasteiger charge is 2.33. The first-order valence-corrected chi connectivity index (χ1v) is 12.2. The number of methoxy groups -OCH3 is 2. The van der Waals surface area contributed by atoms with Crippen LogP contribution in [-0.4, -0.2) is 57.8 Å². The highest BCUT2D eigenvalue weighted by atomic mass is 16.5. The number of benzene rings is 1. The predicted octanol–water partition coefficient (Wildman–Crippen LogP) is 3.63. The summed E-state index contributed by atoms with van der Waals surface area (Å²) < 4.78 is 12.4. The lowest BCUT2D eigenvalue weighted by Gasteiger charge is -2.21. The molecule has 0 bridgehead atoms. The van der Waals surface area contributed by atoms with Crippen LogP contribution < -0.4 is 15.0 Å². The maximum absolute atomic E-state index is 13.9. The van der Waals surface area contributed by atoms with Crippen molar-refractivity contribution in [1.82, 2.24) is 19.4 Å². The Labute approximate surface area is 210 Å². The van der Waals surface area contributed by atoms with Gasteiger partial charge >= 0.3 is 0 Å². The Balaban J connectivity index is 1.78. The second-order valence-electron chi connectivity index (χ2n) is 8.98. The van der Waals surface area contributed by atoms with Gasteiger partial charge in [-0.1, -0.05) is 25.5 Å². The van der Waals surface area contributed by atoms with E-state index in [0.717, 1.165) is 30.5 Å². The number of rotatable bonds is 8. The molecule has 1 aromatic carbocycles. The second kappa shape index (κ2) is 10.8. The van der Waals surface area contributed by atoms with Crippen LogP contribution in [0.2, 0.25) is 0 Å². The third-order valence-electron chi connectivity index (χ3n) is 6.55. The summed E-state index contributed by atoms with van der Waals surface area (Å²) in [4.78, 5) is 37.9. The van der Waals surface area contributed by atoms with Crippen LogP contribution in [0, 0.1) is 6.92 Å². The van der Waals surface area contributed by atoms with Crippen molar-refractivity contribution >= 4 is 5.91 Å². The first-order chi connectivity index (χ1) is 17.4. The molecular weight excluding hydrogens is 460 g/mol. The van der Waals surface area contributed by atoms with Crippen LogP contribution in [0.1, 0.15) is 59.5 Å². The number of carbonyl (C=O) groups is 1. The number of aryl methyl sites for hydroxylation is 2. The molecule has 1 unspecified atom stereocenters. The lowest BCUT2D eigenvalue weighted by atomic mass is 10.0. The highest BCUT2D eigenvalue weighted by molar-refractivity contribution is 5.96. The Bertz CT molecular complexity index is 1280. The minimum absolute atomic E-state index is 0.0602. The van der Waals surface area contributed by atoms with Gasteiger partial charge in [0.2, 0.25) is 5.88 Å². The van der Waals surface area contributed by atoms with Crippen molar-refractivity contribution in [3.05, 3.63) is 69.5 Å². The Morgan fingerprint density at radius 1 is 1.17 bits per heavy atom. The molecule has 1 N–H and O–H groups in total. The minimum Gasteiger partial charge on any atom is -0.494 e. The standard InChI is InChI=1S/C27H32N4O5/c1-5-6-10-22-29-25(32)23(27(34)31(22)24-20(35-3)8-7-9-21(24)36-4)26(33)30-14-13-18(16-30)19-12-11-17(2)15-28-19/h7-9,11-12,15,18,32H,5-6,10,13-14,16H2,1-4H3. The average Bonchev–Trinajstić information content (AvgIpc) is 3.38. The molecule has 9 nitrogen and oxygen atoms in total. The zero-order valence-electron chi connectivity index (χ0n) is 21.2. The number of aromatic hydroxyl groups is 1. The van der Waals surface area contributed by atoms with Crippen molar-refractivity contribution in [2.45, 2.75) is 45.4 Å². The molecular formula is C27H32N4O5. The molecule has 0 spiro atoms. The highest BCUT2D eigenvalue weighted by Crippen LogP contribution is 2.33. The Hall–Kier alpha value is -3.88. The lowest BCUT2D eigenvalue weighted by molar-refractivity contribution is 0.0784. The van der Waals surface area contributed by atoms with Gasteiger partial charge in [-0.25, -0.2) is 0 Å². The molecule has 3 aromatic rings. The topological polar surface area (TPSA) is 107 Å². The quantitative estimate of drug-likeness (QED) is 0.512. The zero-order valence-corrected chi connectivity index (χ0v) is 21.2. The molecule has 1 aliphatic heterocycles. The van der Waals surface area contributed by atoms with E-state index in [-0.39, 0.29) is 11.5 Å². The summed E-state index contributed by atoms with van der Waals surface area (Å²) in [5.74, 6) is 0.0767. The van der Waals surface area contributed by atoms with E-state index in [0.29, 0.717) is 42.5 Å². The monoisotopic (exact) mass is 492 g/mol. The van der Waals surface area contributed by atoms with Crippen LogP contribution in [0.3, 0.4) is 0 Å². The molecule has 9 heteroatoms. The van der Waals surface area contributed by atoms with Crippen molar-refractivity contribution in [3.63, 3.8) is 0 Å². The van der Waals surface area contributed by atoms with Gasteiger partial charge in [-0.05, 0) is 43.5 Å². The van der Waals surface area contributed by atoms with Gasteiger partial charge in [0.15, 0.2) is 5.56 Å². The van der Waals surface area contributed by atoms with Crippen LogP contribution in [-0.2, 0) is 6.42 Å². The van der Waals surface area contributed by atoms with Gasteiger partial charge in [0.05, 0.1) is 14.2 Å². The van der Waals surface area contributed by atoms with E-state index in [1.165, 1.54) is 18.8 Å². The molecule has 0 saturated carbocycles. The number of para-hydroxylation sites is 1. The lowest BCUT2D eigenvalue weighted by Crippen LogP contribution is -2.37. The molecule has 2 aromatic heterocycles. The molecule has 1 amide bonds. The smallest absolute Gasteiger partial charge is 0.275 e. The fraction of sp³-hybridized carbons (Fsp3) is 0.407. The molecule has 1 fully saturated rings. The predicted molar refractivity (Wildman–Crippen MR) is 135 cm³/mol. The molecule has 190 valence electrons. The maximum atomic E-state index is 13.9. The summed E-state index contributed by atoms with van der Waals surface area (Å²) in [6.45, 7) is 4.86. The van der Waals surface area contributed by atoms with Crippen molar-refractivity contribution in [3.8, 4) is 23.1 Å². The minimum atomic E-state index is -0.654. The van der Waals surface area contributed by atoms with E-state index in [4.69, 9.17) is 9.47 Å². The molecule has 1 aliphatic rings. The van der Waals surface area contributed by atoms with Gasteiger partial charge < -0.3 is 19.5 Å². The summed E-state index contributed by atoms with van der Waals surface area (Å²) in [7, 11) is 3.00. The van der Waals surface area contributed by atoms with Gasteiger partial charge in [-0.3, -0.25) is 19.1 Å². The van der Waals surface area contributed by atoms with Gasteiger partial charge in [-0.2, -0.15) is 4.98 Å². The molecule has 4 rings (SSSR count). The van der Waals surface area contributed by atoms with Gasteiger partial charge in [0.25, 0.3) is 11.5 Å². The summed E-state index contributed by atoms with van der Waals surface area (Å²) >= 11 is 0. The molecule has 1 saturated heterocycles. The maximum Gasteiger partial charge on any atom is 0.275 e. The van der Waals surface area contributed by atoms with E-state index in [2.05, 4.69) is 9.97 Å². The third kappa shape index (κ3) is 4.78. The zero-order chi connectivity index (χ0) is 25.8. The van der Waals surface area contributed by atoms with Gasteiger partial charge in [0, 0.05) is 37.3 Å². The molecule has 0 aliphatic carbocycles.